The zero-order chi connectivity index (χ0) is 17.6. The van der Waals surface area contributed by atoms with Gasteiger partial charge in [-0.25, -0.2) is 9.78 Å². The molecule has 0 bridgehead atoms. The molecule has 1 unspecified atom stereocenters. The van der Waals surface area contributed by atoms with Crippen molar-refractivity contribution < 1.29 is 9.53 Å². The summed E-state index contributed by atoms with van der Waals surface area (Å²) in [4.78, 5) is 16.4. The van der Waals surface area contributed by atoms with E-state index < -0.39 is 0 Å². The second-order valence-corrected chi connectivity index (χ2v) is 6.38. The second-order valence-electron chi connectivity index (χ2n) is 5.94. The number of urea groups is 1. The number of benzene rings is 1. The van der Waals surface area contributed by atoms with Crippen LogP contribution in [-0.4, -0.2) is 37.3 Å². The van der Waals surface area contributed by atoms with E-state index in [1.165, 1.54) is 11.8 Å². The second kappa shape index (κ2) is 8.18. The molecular weight excluding hydrogens is 340 g/mol. The zero-order valence-electron chi connectivity index (χ0n) is 14.0. The van der Waals surface area contributed by atoms with Crippen molar-refractivity contribution in [2.75, 3.05) is 25.5 Å². The molecule has 0 saturated carbocycles. The summed E-state index contributed by atoms with van der Waals surface area (Å²) in [5.74, 6) is 1.49. The van der Waals surface area contributed by atoms with Crippen LogP contribution in [0.2, 0.25) is 5.02 Å². The average molecular weight is 361 g/mol. The van der Waals surface area contributed by atoms with Crippen LogP contribution in [0.4, 0.5) is 10.6 Å². The molecular formula is C18H21ClN4O2. The predicted molar refractivity (Wildman–Crippen MR) is 98.4 cm³/mol. The number of aromatic nitrogens is 1. The van der Waals surface area contributed by atoms with Gasteiger partial charge in [0.25, 0.3) is 0 Å². The van der Waals surface area contributed by atoms with Crippen molar-refractivity contribution >= 4 is 23.4 Å². The number of halogens is 1. The number of nitrogens with zero attached hydrogens (tertiary/aromatic N) is 1. The van der Waals surface area contributed by atoms with Gasteiger partial charge in [0.15, 0.2) is 0 Å². The van der Waals surface area contributed by atoms with Gasteiger partial charge in [0, 0.05) is 24.7 Å². The standard InChI is InChI=1S/C18H21ClN4O2/c1-25-14-5-2-12(3-6-14)15-11-20-9-8-16(15)22-18(24)23-17-7-4-13(19)10-21-17/h2-7,10,15-16,20H,8-9,11H2,1H3,(H2,21,22,23,24)/t15-,16?/m0/s1. The Morgan fingerprint density at radius 3 is 2.76 bits per heavy atom. The molecule has 2 amide bonds. The van der Waals surface area contributed by atoms with Gasteiger partial charge >= 0.3 is 6.03 Å². The molecule has 2 heterocycles. The van der Waals surface area contributed by atoms with Crippen LogP contribution in [-0.2, 0) is 0 Å². The Bertz CT molecular complexity index is 706. The van der Waals surface area contributed by atoms with Crippen molar-refractivity contribution in [1.29, 1.82) is 0 Å². The smallest absolute Gasteiger partial charge is 0.320 e. The summed E-state index contributed by atoms with van der Waals surface area (Å²) in [5.41, 5.74) is 1.17. The molecule has 6 nitrogen and oxygen atoms in total. The minimum atomic E-state index is -0.264. The van der Waals surface area contributed by atoms with Crippen LogP contribution in [0.3, 0.4) is 0 Å². The number of piperidine rings is 1. The number of rotatable bonds is 4. The molecule has 0 aliphatic carbocycles. The molecule has 2 atom stereocenters. The first kappa shape index (κ1) is 17.5. The summed E-state index contributed by atoms with van der Waals surface area (Å²) >= 11 is 5.81. The number of carbonyl (C=O) groups is 1. The van der Waals surface area contributed by atoms with E-state index in [9.17, 15) is 4.79 Å². The molecule has 0 spiro atoms. The highest BCUT2D eigenvalue weighted by atomic mass is 35.5. The van der Waals surface area contributed by atoms with Gasteiger partial charge in [-0.05, 0) is 42.8 Å². The molecule has 1 aromatic carbocycles. The molecule has 1 fully saturated rings. The van der Waals surface area contributed by atoms with Gasteiger partial charge in [0.05, 0.1) is 12.1 Å². The molecule has 1 aliphatic rings. The normalized spacial score (nSPS) is 19.9. The van der Waals surface area contributed by atoms with Crippen molar-refractivity contribution in [3.8, 4) is 5.75 Å². The lowest BCUT2D eigenvalue weighted by Crippen LogP contribution is -2.49. The lowest BCUT2D eigenvalue weighted by Gasteiger charge is -2.33. The van der Waals surface area contributed by atoms with Crippen LogP contribution in [0.1, 0.15) is 17.9 Å². The third-order valence-corrected chi connectivity index (χ3v) is 4.54. The van der Waals surface area contributed by atoms with E-state index in [0.29, 0.717) is 10.8 Å². The monoisotopic (exact) mass is 360 g/mol. The number of anilines is 1. The summed E-state index contributed by atoms with van der Waals surface area (Å²) in [6.45, 7) is 1.69. The molecule has 7 heteroatoms. The van der Waals surface area contributed by atoms with Crippen molar-refractivity contribution in [1.82, 2.24) is 15.6 Å². The maximum atomic E-state index is 12.3. The predicted octanol–water partition coefficient (Wildman–Crippen LogP) is 3.01. The van der Waals surface area contributed by atoms with Gasteiger partial charge in [0.1, 0.15) is 11.6 Å². The van der Waals surface area contributed by atoms with Crippen LogP contribution >= 0.6 is 11.6 Å². The summed E-state index contributed by atoms with van der Waals surface area (Å²) in [6, 6.07) is 11.1. The lowest BCUT2D eigenvalue weighted by molar-refractivity contribution is 0.241. The highest BCUT2D eigenvalue weighted by Gasteiger charge is 2.27. The zero-order valence-corrected chi connectivity index (χ0v) is 14.7. The minimum Gasteiger partial charge on any atom is -0.497 e. The number of hydrogen-bond donors (Lipinski definition) is 3. The molecule has 3 N–H and O–H groups in total. The van der Waals surface area contributed by atoms with E-state index in [1.807, 2.05) is 24.3 Å². The maximum absolute atomic E-state index is 12.3. The SMILES string of the molecule is COc1ccc([C@@H]2CNCCC2NC(=O)Nc2ccc(Cl)cn2)cc1. The Hall–Kier alpha value is -2.31. The number of nitrogens with one attached hydrogen (secondary N) is 3. The molecule has 2 aromatic rings. The molecule has 25 heavy (non-hydrogen) atoms. The fraction of sp³-hybridized carbons (Fsp3) is 0.333. The molecule has 1 saturated heterocycles. The summed E-state index contributed by atoms with van der Waals surface area (Å²) in [5, 5.41) is 9.73. The fourth-order valence-electron chi connectivity index (χ4n) is 3.00. The van der Waals surface area contributed by atoms with E-state index in [4.69, 9.17) is 16.3 Å². The van der Waals surface area contributed by atoms with Crippen LogP contribution < -0.4 is 20.7 Å². The van der Waals surface area contributed by atoms with Crippen LogP contribution in [0.15, 0.2) is 42.6 Å². The Morgan fingerprint density at radius 2 is 2.08 bits per heavy atom. The summed E-state index contributed by atoms with van der Waals surface area (Å²) in [6.07, 6.45) is 2.36. The van der Waals surface area contributed by atoms with Gasteiger partial charge in [-0.1, -0.05) is 23.7 Å². The number of carbonyl (C=O) groups excluding carboxylic acids is 1. The molecule has 1 aliphatic heterocycles. The first-order valence-electron chi connectivity index (χ1n) is 8.19. The molecule has 132 valence electrons. The third kappa shape index (κ3) is 4.61. The number of pyridine rings is 1. The number of amides is 2. The quantitative estimate of drug-likeness (QED) is 0.783. The molecule has 0 radical (unpaired) electrons. The first-order valence-corrected chi connectivity index (χ1v) is 8.57. The Kier molecular flexibility index (Phi) is 5.73. The molecule has 3 rings (SSSR count). The average Bonchev–Trinajstić information content (AvgIpc) is 2.64. The fourth-order valence-corrected chi connectivity index (χ4v) is 3.11. The lowest BCUT2D eigenvalue weighted by atomic mass is 9.87. The third-order valence-electron chi connectivity index (χ3n) is 4.31. The summed E-state index contributed by atoms with van der Waals surface area (Å²) < 4.78 is 5.21. The summed E-state index contributed by atoms with van der Waals surface area (Å²) in [7, 11) is 1.65. The van der Waals surface area contributed by atoms with E-state index in [-0.39, 0.29) is 18.0 Å². The maximum Gasteiger partial charge on any atom is 0.320 e. The van der Waals surface area contributed by atoms with E-state index in [0.717, 1.165) is 25.3 Å². The highest BCUT2D eigenvalue weighted by molar-refractivity contribution is 6.30. The van der Waals surface area contributed by atoms with Crippen molar-refractivity contribution in [2.24, 2.45) is 0 Å². The first-order chi connectivity index (χ1) is 12.2. The van der Waals surface area contributed by atoms with Crippen LogP contribution in [0.25, 0.3) is 0 Å². The Morgan fingerprint density at radius 1 is 1.28 bits per heavy atom. The van der Waals surface area contributed by atoms with Gasteiger partial charge < -0.3 is 15.4 Å². The van der Waals surface area contributed by atoms with Crippen molar-refractivity contribution in [2.45, 2.75) is 18.4 Å². The topological polar surface area (TPSA) is 75.3 Å². The Labute approximate surface area is 151 Å². The van der Waals surface area contributed by atoms with Crippen molar-refractivity contribution in [3.63, 3.8) is 0 Å². The minimum absolute atomic E-state index is 0.0435. The van der Waals surface area contributed by atoms with Gasteiger partial charge in [0.2, 0.25) is 0 Å². The van der Waals surface area contributed by atoms with E-state index in [1.54, 1.807) is 19.2 Å². The number of ether oxygens (including phenoxy) is 1. The van der Waals surface area contributed by atoms with Crippen molar-refractivity contribution in [3.05, 3.63) is 53.2 Å². The van der Waals surface area contributed by atoms with Crippen LogP contribution in [0.5, 0.6) is 5.75 Å². The van der Waals surface area contributed by atoms with Gasteiger partial charge in [-0.2, -0.15) is 0 Å². The molecule has 1 aromatic heterocycles. The van der Waals surface area contributed by atoms with E-state index in [2.05, 4.69) is 20.9 Å². The highest BCUT2D eigenvalue weighted by Crippen LogP contribution is 2.25. The Balaban J connectivity index is 1.65. The number of methoxy groups -OCH3 is 1. The largest absolute Gasteiger partial charge is 0.497 e. The number of hydrogen-bond acceptors (Lipinski definition) is 4. The van der Waals surface area contributed by atoms with Gasteiger partial charge in [-0.15, -0.1) is 0 Å². The van der Waals surface area contributed by atoms with Gasteiger partial charge in [-0.3, -0.25) is 5.32 Å². The van der Waals surface area contributed by atoms with E-state index >= 15 is 0 Å². The van der Waals surface area contributed by atoms with Crippen LogP contribution in [0, 0.1) is 0 Å².